The highest BCUT2D eigenvalue weighted by atomic mass is 16.5. The highest BCUT2D eigenvalue weighted by molar-refractivity contribution is 5.89. The maximum absolute atomic E-state index is 12.0. The van der Waals surface area contributed by atoms with Crippen molar-refractivity contribution in [3.8, 4) is 0 Å². The molecule has 1 aromatic rings. The molecule has 0 fully saturated rings. The molecule has 0 bridgehead atoms. The van der Waals surface area contributed by atoms with Crippen LogP contribution < -0.4 is 5.73 Å². The predicted octanol–water partition coefficient (Wildman–Crippen LogP) is 7.57. The maximum Gasteiger partial charge on any atom is 0.338 e. The molecule has 0 atom stereocenters. The minimum absolute atomic E-state index is 0.300. The number of hydrogen-bond acceptors (Lipinski definition) is 3. The van der Waals surface area contributed by atoms with Crippen LogP contribution in [0.2, 0.25) is 0 Å². The molecule has 164 valence electrons. The van der Waals surface area contributed by atoms with Crippen molar-refractivity contribution in [2.75, 3.05) is 12.3 Å². The third-order valence-corrected chi connectivity index (χ3v) is 4.95. The fourth-order valence-electron chi connectivity index (χ4n) is 2.95. The monoisotopic (exact) mass is 409 g/mol. The van der Waals surface area contributed by atoms with Gasteiger partial charge in [-0.3, -0.25) is 0 Å². The molecule has 0 amide bonds. The van der Waals surface area contributed by atoms with Crippen LogP contribution in [-0.4, -0.2) is 12.6 Å². The summed E-state index contributed by atoms with van der Waals surface area (Å²) in [6.07, 6.45) is 15.5. The average molecular weight is 410 g/mol. The number of nitrogens with two attached hydrogens (primary N) is 1. The first-order valence-corrected chi connectivity index (χ1v) is 10.9. The normalized spacial score (nSPS) is 12.6. The van der Waals surface area contributed by atoms with Crippen LogP contribution in [0.3, 0.4) is 0 Å². The lowest BCUT2D eigenvalue weighted by molar-refractivity contribution is 0.0549. The number of benzene rings is 1. The van der Waals surface area contributed by atoms with Gasteiger partial charge < -0.3 is 10.5 Å². The number of esters is 1. The lowest BCUT2D eigenvalue weighted by atomic mass is 10.0. The lowest BCUT2D eigenvalue weighted by Crippen LogP contribution is -2.05. The number of ether oxygens (including phenoxy) is 1. The molecule has 1 aromatic carbocycles. The Morgan fingerprint density at radius 2 is 1.23 bits per heavy atom. The third kappa shape index (κ3) is 12.1. The standard InChI is InChI=1S/C27H39NO2/c1-21(2)9-6-10-22(3)11-7-12-23(4)13-8-14-24(5)19-20-30-27(29)25-15-17-26(28)18-16-25/h9,11,13,15-19H,6-8,10,12,14,20,28H2,1-5H3/b22-11+,23-13+,24-19+. The smallest absolute Gasteiger partial charge is 0.338 e. The van der Waals surface area contributed by atoms with Gasteiger partial charge in [0.15, 0.2) is 0 Å². The van der Waals surface area contributed by atoms with E-state index >= 15 is 0 Å². The van der Waals surface area contributed by atoms with Crippen molar-refractivity contribution >= 4 is 11.7 Å². The van der Waals surface area contributed by atoms with Crippen LogP contribution in [0.1, 0.15) is 83.5 Å². The van der Waals surface area contributed by atoms with Gasteiger partial charge in [-0.1, -0.05) is 40.5 Å². The average Bonchev–Trinajstić information content (AvgIpc) is 2.68. The Bertz CT molecular complexity index is 776. The SMILES string of the molecule is CC(C)=CCC/C(C)=C/CC/C(C)=C/CC/C(C)=C/COC(=O)c1ccc(N)cc1. The second kappa shape index (κ2) is 14.4. The predicted molar refractivity (Wildman–Crippen MR) is 130 cm³/mol. The number of anilines is 1. The third-order valence-electron chi connectivity index (χ3n) is 4.95. The molecule has 30 heavy (non-hydrogen) atoms. The van der Waals surface area contributed by atoms with E-state index in [-0.39, 0.29) is 5.97 Å². The Balaban J connectivity index is 2.26. The Hall–Kier alpha value is -2.55. The number of rotatable bonds is 12. The minimum atomic E-state index is -0.320. The number of allylic oxidation sites excluding steroid dienone is 7. The van der Waals surface area contributed by atoms with Crippen molar-refractivity contribution in [3.63, 3.8) is 0 Å². The van der Waals surface area contributed by atoms with E-state index in [1.165, 1.54) is 22.3 Å². The van der Waals surface area contributed by atoms with Crippen molar-refractivity contribution in [2.45, 2.75) is 73.1 Å². The van der Waals surface area contributed by atoms with Crippen LogP contribution in [0.5, 0.6) is 0 Å². The molecular weight excluding hydrogens is 370 g/mol. The molecule has 0 unspecified atom stereocenters. The van der Waals surface area contributed by atoms with E-state index in [0.717, 1.165) is 38.5 Å². The van der Waals surface area contributed by atoms with Gasteiger partial charge in [0, 0.05) is 5.69 Å². The Morgan fingerprint density at radius 1 is 0.767 bits per heavy atom. The summed E-state index contributed by atoms with van der Waals surface area (Å²) in [5, 5.41) is 0. The van der Waals surface area contributed by atoms with E-state index in [1.807, 2.05) is 6.08 Å². The summed E-state index contributed by atoms with van der Waals surface area (Å²) in [7, 11) is 0. The fourth-order valence-corrected chi connectivity index (χ4v) is 2.95. The van der Waals surface area contributed by atoms with Crippen LogP contribution in [-0.2, 0) is 4.74 Å². The van der Waals surface area contributed by atoms with Crippen LogP contribution in [0.25, 0.3) is 0 Å². The first kappa shape index (κ1) is 25.5. The molecule has 0 heterocycles. The molecule has 0 saturated heterocycles. The highest BCUT2D eigenvalue weighted by Crippen LogP contribution is 2.14. The van der Waals surface area contributed by atoms with E-state index in [9.17, 15) is 4.79 Å². The topological polar surface area (TPSA) is 52.3 Å². The van der Waals surface area contributed by atoms with Crippen molar-refractivity contribution in [3.05, 3.63) is 76.4 Å². The zero-order valence-corrected chi connectivity index (χ0v) is 19.5. The Kier molecular flexibility index (Phi) is 12.3. The molecule has 3 nitrogen and oxygen atoms in total. The maximum atomic E-state index is 12.0. The van der Waals surface area contributed by atoms with Crippen LogP contribution in [0, 0.1) is 0 Å². The molecule has 3 heteroatoms. The van der Waals surface area contributed by atoms with E-state index in [2.05, 4.69) is 52.8 Å². The first-order valence-electron chi connectivity index (χ1n) is 10.9. The zero-order valence-electron chi connectivity index (χ0n) is 19.5. The molecule has 0 aliphatic heterocycles. The van der Waals surface area contributed by atoms with E-state index in [1.54, 1.807) is 24.3 Å². The Morgan fingerprint density at radius 3 is 1.73 bits per heavy atom. The van der Waals surface area contributed by atoms with Crippen LogP contribution >= 0.6 is 0 Å². The number of carbonyl (C=O) groups excluding carboxylic acids is 1. The van der Waals surface area contributed by atoms with Gasteiger partial charge in [-0.05, 0) is 103 Å². The van der Waals surface area contributed by atoms with Gasteiger partial charge in [0.2, 0.25) is 0 Å². The summed E-state index contributed by atoms with van der Waals surface area (Å²) >= 11 is 0. The molecule has 0 radical (unpaired) electrons. The number of nitrogen functional groups attached to an aromatic ring is 1. The summed E-state index contributed by atoms with van der Waals surface area (Å²) in [4.78, 5) is 12.0. The molecule has 0 aromatic heterocycles. The largest absolute Gasteiger partial charge is 0.458 e. The molecule has 0 aliphatic carbocycles. The van der Waals surface area contributed by atoms with Gasteiger partial charge in [0.25, 0.3) is 0 Å². The van der Waals surface area contributed by atoms with Crippen molar-refractivity contribution < 1.29 is 9.53 Å². The van der Waals surface area contributed by atoms with Gasteiger partial charge >= 0.3 is 5.97 Å². The molecule has 0 aliphatic rings. The summed E-state index contributed by atoms with van der Waals surface area (Å²) in [6, 6.07) is 6.77. The van der Waals surface area contributed by atoms with Crippen LogP contribution in [0.15, 0.2) is 70.9 Å². The minimum Gasteiger partial charge on any atom is -0.458 e. The van der Waals surface area contributed by atoms with E-state index < -0.39 is 0 Å². The van der Waals surface area contributed by atoms with Gasteiger partial charge in [-0.25, -0.2) is 4.79 Å². The highest BCUT2D eigenvalue weighted by Gasteiger charge is 2.05. The molecule has 0 saturated carbocycles. The lowest BCUT2D eigenvalue weighted by Gasteiger charge is -2.04. The molecular formula is C27H39NO2. The first-order chi connectivity index (χ1) is 14.3. The fraction of sp³-hybridized carbons (Fsp3) is 0.444. The quantitative estimate of drug-likeness (QED) is 0.220. The summed E-state index contributed by atoms with van der Waals surface area (Å²) in [5.41, 5.74) is 12.3. The molecule has 1 rings (SSSR count). The molecule has 2 N–H and O–H groups in total. The number of hydrogen-bond donors (Lipinski definition) is 1. The van der Waals surface area contributed by atoms with Crippen molar-refractivity contribution in [2.24, 2.45) is 0 Å². The number of carbonyl (C=O) groups is 1. The summed E-state index contributed by atoms with van der Waals surface area (Å²) < 4.78 is 5.30. The van der Waals surface area contributed by atoms with E-state index in [4.69, 9.17) is 10.5 Å². The summed E-state index contributed by atoms with van der Waals surface area (Å²) in [5.74, 6) is -0.320. The summed E-state index contributed by atoms with van der Waals surface area (Å²) in [6.45, 7) is 11.1. The zero-order chi connectivity index (χ0) is 22.4. The van der Waals surface area contributed by atoms with Gasteiger partial charge in [0.1, 0.15) is 6.61 Å². The van der Waals surface area contributed by atoms with Gasteiger partial charge in [0.05, 0.1) is 5.56 Å². The second-order valence-corrected chi connectivity index (χ2v) is 8.27. The van der Waals surface area contributed by atoms with Gasteiger partial charge in [-0.15, -0.1) is 0 Å². The Labute approximate surface area is 183 Å². The van der Waals surface area contributed by atoms with Crippen LogP contribution in [0.4, 0.5) is 5.69 Å². The second-order valence-electron chi connectivity index (χ2n) is 8.27. The van der Waals surface area contributed by atoms with Crippen molar-refractivity contribution in [1.29, 1.82) is 0 Å². The van der Waals surface area contributed by atoms with Crippen molar-refractivity contribution in [1.82, 2.24) is 0 Å². The van der Waals surface area contributed by atoms with E-state index in [0.29, 0.717) is 17.9 Å². The molecule has 0 spiro atoms. The van der Waals surface area contributed by atoms with Gasteiger partial charge in [-0.2, -0.15) is 0 Å².